The van der Waals surface area contributed by atoms with Gasteiger partial charge in [-0.05, 0) is 33.7 Å². The first kappa shape index (κ1) is 13.8. The number of piperidine rings is 1. The lowest BCUT2D eigenvalue weighted by Crippen LogP contribution is -2.43. The molecule has 2 N–H and O–H groups in total. The lowest BCUT2D eigenvalue weighted by atomic mass is 9.88. The van der Waals surface area contributed by atoms with Crippen LogP contribution in [0.3, 0.4) is 0 Å². The van der Waals surface area contributed by atoms with Crippen LogP contribution < -0.4 is 10.6 Å². The molecule has 1 fully saturated rings. The van der Waals surface area contributed by atoms with Gasteiger partial charge in [0.25, 0.3) is 0 Å². The zero-order valence-corrected chi connectivity index (χ0v) is 10.7. The minimum absolute atomic E-state index is 0.0196. The minimum atomic E-state index is -0.483. The predicted molar refractivity (Wildman–Crippen MR) is 64.3 cm³/mol. The summed E-state index contributed by atoms with van der Waals surface area (Å²) in [5, 5.41) is 14.9. The lowest BCUT2D eigenvalue weighted by molar-refractivity contribution is 0.0513. The Bertz CT molecular complexity index is 304. The molecule has 17 heavy (non-hydrogen) atoms. The Balaban J connectivity index is 2.34. The van der Waals surface area contributed by atoms with E-state index in [2.05, 4.69) is 16.7 Å². The molecule has 0 aliphatic carbocycles. The summed E-state index contributed by atoms with van der Waals surface area (Å²) in [5.41, 5.74) is -0.483. The second-order valence-electron chi connectivity index (χ2n) is 5.37. The Morgan fingerprint density at radius 2 is 2.29 bits per heavy atom. The number of alkyl carbamates (subject to hydrolysis) is 1. The summed E-state index contributed by atoms with van der Waals surface area (Å²) in [6, 6.07) is 2.29. The van der Waals surface area contributed by atoms with Crippen LogP contribution in [-0.4, -0.2) is 31.3 Å². The second kappa shape index (κ2) is 5.87. The van der Waals surface area contributed by atoms with E-state index in [9.17, 15) is 4.79 Å². The standard InChI is InChI=1S/C12H21N3O2/c1-12(2,3)17-11(16)15-8-10-7-14-5-4-9(10)6-13/h9-10,14H,4-5,7-8H2,1-3H3,(H,15,16)/t9-,10+/m1/s1. The van der Waals surface area contributed by atoms with Crippen LogP contribution in [0, 0.1) is 23.2 Å². The summed E-state index contributed by atoms with van der Waals surface area (Å²) >= 11 is 0. The van der Waals surface area contributed by atoms with Crippen molar-refractivity contribution in [1.29, 1.82) is 5.26 Å². The topological polar surface area (TPSA) is 74.2 Å². The highest BCUT2D eigenvalue weighted by atomic mass is 16.6. The van der Waals surface area contributed by atoms with Crippen LogP contribution in [0.2, 0.25) is 0 Å². The molecule has 5 heteroatoms. The van der Waals surface area contributed by atoms with Crippen LogP contribution in [0.25, 0.3) is 0 Å². The summed E-state index contributed by atoms with van der Waals surface area (Å²) < 4.78 is 5.14. The normalized spacial score (nSPS) is 24.8. The first-order valence-electron chi connectivity index (χ1n) is 5.99. The largest absolute Gasteiger partial charge is 0.444 e. The molecule has 1 heterocycles. The van der Waals surface area contributed by atoms with Crippen LogP contribution >= 0.6 is 0 Å². The number of carbonyl (C=O) groups excluding carboxylic acids is 1. The molecule has 1 rings (SSSR count). The highest BCUT2D eigenvalue weighted by molar-refractivity contribution is 5.67. The molecule has 0 aromatic heterocycles. The predicted octanol–water partition coefficient (Wildman–Crippen LogP) is 1.26. The SMILES string of the molecule is CC(C)(C)OC(=O)NC[C@@H]1CNCC[C@@H]1C#N. The van der Waals surface area contributed by atoms with Gasteiger partial charge in [-0.15, -0.1) is 0 Å². The Morgan fingerprint density at radius 3 is 2.88 bits per heavy atom. The van der Waals surface area contributed by atoms with E-state index >= 15 is 0 Å². The van der Waals surface area contributed by atoms with Gasteiger partial charge < -0.3 is 15.4 Å². The van der Waals surface area contributed by atoms with E-state index in [4.69, 9.17) is 10.00 Å². The quantitative estimate of drug-likeness (QED) is 0.760. The van der Waals surface area contributed by atoms with Crippen molar-refractivity contribution >= 4 is 6.09 Å². The number of nitrogens with one attached hydrogen (secondary N) is 2. The molecule has 0 unspecified atom stereocenters. The monoisotopic (exact) mass is 239 g/mol. The fraction of sp³-hybridized carbons (Fsp3) is 0.833. The van der Waals surface area contributed by atoms with Gasteiger partial charge in [0.15, 0.2) is 0 Å². The Kier molecular flexibility index (Phi) is 4.76. The molecule has 0 spiro atoms. The molecule has 1 saturated heterocycles. The molecule has 0 saturated carbocycles. The van der Waals surface area contributed by atoms with Crippen molar-refractivity contribution in [2.75, 3.05) is 19.6 Å². The van der Waals surface area contributed by atoms with E-state index in [1.54, 1.807) is 0 Å². The summed E-state index contributed by atoms with van der Waals surface area (Å²) in [6.07, 6.45) is 0.428. The summed E-state index contributed by atoms with van der Waals surface area (Å²) in [4.78, 5) is 11.5. The smallest absolute Gasteiger partial charge is 0.407 e. The van der Waals surface area contributed by atoms with Crippen LogP contribution in [0.4, 0.5) is 4.79 Å². The van der Waals surface area contributed by atoms with Gasteiger partial charge in [-0.3, -0.25) is 0 Å². The highest BCUT2D eigenvalue weighted by Gasteiger charge is 2.25. The number of hydrogen-bond donors (Lipinski definition) is 2. The molecule has 1 aliphatic heterocycles. The van der Waals surface area contributed by atoms with Crippen LogP contribution in [0.5, 0.6) is 0 Å². The number of carbonyl (C=O) groups is 1. The van der Waals surface area contributed by atoms with Gasteiger partial charge in [-0.2, -0.15) is 5.26 Å². The van der Waals surface area contributed by atoms with Gasteiger partial charge in [-0.1, -0.05) is 0 Å². The number of hydrogen-bond acceptors (Lipinski definition) is 4. The molecule has 0 aromatic carbocycles. The molecule has 96 valence electrons. The van der Waals surface area contributed by atoms with Crippen molar-refractivity contribution < 1.29 is 9.53 Å². The first-order chi connectivity index (χ1) is 7.92. The molecular formula is C12H21N3O2. The summed E-state index contributed by atoms with van der Waals surface area (Å²) in [6.45, 7) is 7.61. The minimum Gasteiger partial charge on any atom is -0.444 e. The van der Waals surface area contributed by atoms with Gasteiger partial charge in [0.05, 0.1) is 12.0 Å². The van der Waals surface area contributed by atoms with E-state index in [-0.39, 0.29) is 11.8 Å². The van der Waals surface area contributed by atoms with E-state index in [1.165, 1.54) is 0 Å². The Labute approximate surface area is 103 Å². The summed E-state index contributed by atoms with van der Waals surface area (Å²) in [5.74, 6) is 0.187. The molecule has 1 amide bonds. The van der Waals surface area contributed by atoms with E-state index in [0.717, 1.165) is 19.5 Å². The maximum atomic E-state index is 11.5. The molecule has 2 atom stereocenters. The fourth-order valence-electron chi connectivity index (χ4n) is 1.84. The second-order valence-corrected chi connectivity index (χ2v) is 5.37. The van der Waals surface area contributed by atoms with Crippen LogP contribution in [0.15, 0.2) is 0 Å². The molecule has 5 nitrogen and oxygen atoms in total. The van der Waals surface area contributed by atoms with Gasteiger partial charge in [0.1, 0.15) is 5.60 Å². The molecule has 1 aliphatic rings. The average Bonchev–Trinajstić information content (AvgIpc) is 2.24. The van der Waals surface area contributed by atoms with Crippen molar-refractivity contribution in [2.24, 2.45) is 11.8 Å². The number of nitriles is 1. The van der Waals surface area contributed by atoms with Crippen molar-refractivity contribution in [3.8, 4) is 6.07 Å². The fourth-order valence-corrected chi connectivity index (χ4v) is 1.84. The maximum Gasteiger partial charge on any atom is 0.407 e. The first-order valence-corrected chi connectivity index (χ1v) is 5.99. The van der Waals surface area contributed by atoms with Gasteiger partial charge in [0, 0.05) is 19.0 Å². The number of amides is 1. The zero-order chi connectivity index (χ0) is 12.9. The van der Waals surface area contributed by atoms with Gasteiger partial charge in [0.2, 0.25) is 0 Å². The lowest BCUT2D eigenvalue weighted by Gasteiger charge is -2.28. The Morgan fingerprint density at radius 1 is 1.59 bits per heavy atom. The van der Waals surface area contributed by atoms with Gasteiger partial charge in [-0.25, -0.2) is 4.79 Å². The van der Waals surface area contributed by atoms with Gasteiger partial charge >= 0.3 is 6.09 Å². The maximum absolute atomic E-state index is 11.5. The zero-order valence-electron chi connectivity index (χ0n) is 10.7. The van der Waals surface area contributed by atoms with E-state index in [0.29, 0.717) is 6.54 Å². The van der Waals surface area contributed by atoms with Crippen molar-refractivity contribution in [2.45, 2.75) is 32.8 Å². The number of rotatable bonds is 2. The van der Waals surface area contributed by atoms with Crippen LogP contribution in [0.1, 0.15) is 27.2 Å². The number of ether oxygens (including phenoxy) is 1. The average molecular weight is 239 g/mol. The highest BCUT2D eigenvalue weighted by Crippen LogP contribution is 2.17. The summed E-state index contributed by atoms with van der Waals surface area (Å²) in [7, 11) is 0. The van der Waals surface area contributed by atoms with Crippen molar-refractivity contribution in [3.63, 3.8) is 0 Å². The van der Waals surface area contributed by atoms with Crippen molar-refractivity contribution in [1.82, 2.24) is 10.6 Å². The molecule has 0 aromatic rings. The third-order valence-corrected chi connectivity index (χ3v) is 2.68. The van der Waals surface area contributed by atoms with E-state index < -0.39 is 11.7 Å². The van der Waals surface area contributed by atoms with E-state index in [1.807, 2.05) is 20.8 Å². The number of nitrogens with zero attached hydrogens (tertiary/aromatic N) is 1. The third kappa shape index (κ3) is 5.05. The third-order valence-electron chi connectivity index (χ3n) is 2.68. The van der Waals surface area contributed by atoms with Crippen molar-refractivity contribution in [3.05, 3.63) is 0 Å². The Hall–Kier alpha value is -1.28. The van der Waals surface area contributed by atoms with Crippen LogP contribution in [-0.2, 0) is 4.74 Å². The molecule has 0 bridgehead atoms. The molecular weight excluding hydrogens is 218 g/mol. The molecule has 0 radical (unpaired) electrons.